The molecule has 6 atom stereocenters. The molecule has 1 unspecified atom stereocenters. The van der Waals surface area contributed by atoms with Crippen LogP contribution in [0.15, 0.2) is 0 Å². The zero-order valence-corrected chi connectivity index (χ0v) is 35.9. The molecule has 1 N–H and O–H groups in total. The standard InChI is InChI=1S/C32H70O7Si4/c1-22(33)23(34)24-25(36-40(14,15)29(2,3)4)26(37-41(16,17)30(5,6)7)27(38-42(18,19)31(8,9)10)28(35-24)39-43(20,21)32(11,12)13/h23-28,34H,1-21H3/t23?,24-,25+,26+,27-,28-/m1/s1. The van der Waals surface area contributed by atoms with Crippen molar-refractivity contribution in [3.05, 3.63) is 0 Å². The average molecular weight is 679 g/mol. The van der Waals surface area contributed by atoms with Crippen LogP contribution in [0.3, 0.4) is 0 Å². The molecule has 0 spiro atoms. The van der Waals surface area contributed by atoms with E-state index in [1.807, 2.05) is 0 Å². The van der Waals surface area contributed by atoms with E-state index in [9.17, 15) is 9.90 Å². The quantitative estimate of drug-likeness (QED) is 0.231. The van der Waals surface area contributed by atoms with Gasteiger partial charge in [0.2, 0.25) is 0 Å². The Morgan fingerprint density at radius 2 is 0.837 bits per heavy atom. The van der Waals surface area contributed by atoms with Crippen molar-refractivity contribution >= 4 is 39.1 Å². The zero-order valence-electron chi connectivity index (χ0n) is 31.9. The third kappa shape index (κ3) is 9.67. The van der Waals surface area contributed by atoms with Crippen molar-refractivity contribution in [1.82, 2.24) is 0 Å². The van der Waals surface area contributed by atoms with Crippen LogP contribution in [-0.4, -0.2) is 81.0 Å². The maximum absolute atomic E-state index is 12.8. The minimum Gasteiger partial charge on any atom is -0.408 e. The highest BCUT2D eigenvalue weighted by molar-refractivity contribution is 6.75. The monoisotopic (exact) mass is 678 g/mol. The highest BCUT2D eigenvalue weighted by Crippen LogP contribution is 2.48. The van der Waals surface area contributed by atoms with Crippen molar-refractivity contribution in [3.63, 3.8) is 0 Å². The maximum Gasteiger partial charge on any atom is 0.195 e. The molecule has 0 radical (unpaired) electrons. The zero-order chi connectivity index (χ0) is 34.6. The van der Waals surface area contributed by atoms with Crippen LogP contribution >= 0.6 is 0 Å². The van der Waals surface area contributed by atoms with Gasteiger partial charge in [-0.1, -0.05) is 83.1 Å². The number of ether oxygens (including phenoxy) is 1. The van der Waals surface area contributed by atoms with Crippen LogP contribution in [0.5, 0.6) is 0 Å². The van der Waals surface area contributed by atoms with Crippen LogP contribution in [0, 0.1) is 0 Å². The van der Waals surface area contributed by atoms with E-state index in [2.05, 4.69) is 135 Å². The van der Waals surface area contributed by atoms with Crippen molar-refractivity contribution in [2.45, 2.75) is 199 Å². The number of rotatable bonds is 10. The first-order valence-corrected chi connectivity index (χ1v) is 27.8. The van der Waals surface area contributed by atoms with Crippen LogP contribution in [0.2, 0.25) is 72.5 Å². The summed E-state index contributed by atoms with van der Waals surface area (Å²) in [5.41, 5.74) is 0. The van der Waals surface area contributed by atoms with Gasteiger partial charge in [0.05, 0.1) is 0 Å². The Morgan fingerprint density at radius 3 is 1.14 bits per heavy atom. The molecule has 7 nitrogen and oxygen atoms in total. The third-order valence-corrected chi connectivity index (χ3v) is 29.0. The highest BCUT2D eigenvalue weighted by Gasteiger charge is 2.59. The molecule has 0 saturated carbocycles. The number of aliphatic hydroxyl groups excluding tert-OH is 1. The normalized spacial score (nSPS) is 26.4. The summed E-state index contributed by atoms with van der Waals surface area (Å²) in [7, 11) is -9.68. The maximum atomic E-state index is 12.8. The molecule has 43 heavy (non-hydrogen) atoms. The number of carbonyl (C=O) groups is 1. The van der Waals surface area contributed by atoms with Crippen LogP contribution < -0.4 is 0 Å². The topological polar surface area (TPSA) is 83.5 Å². The van der Waals surface area contributed by atoms with Gasteiger partial charge >= 0.3 is 0 Å². The predicted molar refractivity (Wildman–Crippen MR) is 190 cm³/mol. The molecule has 256 valence electrons. The SMILES string of the molecule is CC(=O)C(O)[C@H]1O[C@H](O[Si](C)(C)C(C)(C)C)[C@H](O[Si](C)(C)C(C)(C)C)[C@@H](O[Si](C)(C)C(C)(C)C)[C@H]1O[Si](C)(C)C(C)(C)C. The van der Waals surface area contributed by atoms with Gasteiger partial charge in [-0.15, -0.1) is 0 Å². The molecular formula is C32H70O7Si4. The molecule has 1 saturated heterocycles. The second-order valence-electron chi connectivity index (χ2n) is 18.9. The van der Waals surface area contributed by atoms with E-state index in [1.165, 1.54) is 6.92 Å². The van der Waals surface area contributed by atoms with Gasteiger partial charge in [0.25, 0.3) is 0 Å². The fraction of sp³-hybridized carbons (Fsp3) is 0.969. The average Bonchev–Trinajstić information content (AvgIpc) is 2.73. The van der Waals surface area contributed by atoms with Crippen LogP contribution in [0.4, 0.5) is 0 Å². The Morgan fingerprint density at radius 1 is 0.558 bits per heavy atom. The van der Waals surface area contributed by atoms with Crippen LogP contribution in [0.1, 0.15) is 90.0 Å². The smallest absolute Gasteiger partial charge is 0.195 e. The minimum absolute atomic E-state index is 0.0818. The molecule has 1 aliphatic rings. The first-order chi connectivity index (χ1) is 18.6. The Kier molecular flexibility index (Phi) is 12.6. The summed E-state index contributed by atoms with van der Waals surface area (Å²) < 4.78 is 35.6. The fourth-order valence-corrected chi connectivity index (χ4v) is 8.84. The largest absolute Gasteiger partial charge is 0.408 e. The van der Waals surface area contributed by atoms with Crippen molar-refractivity contribution in [2.24, 2.45) is 0 Å². The lowest BCUT2D eigenvalue weighted by atomic mass is 9.94. The summed E-state index contributed by atoms with van der Waals surface area (Å²) in [6.07, 6.45) is -5.11. The molecule has 1 rings (SSSR count). The van der Waals surface area contributed by atoms with Gasteiger partial charge in [0, 0.05) is 0 Å². The second kappa shape index (κ2) is 13.1. The van der Waals surface area contributed by atoms with Gasteiger partial charge < -0.3 is 27.5 Å². The Balaban J connectivity index is 4.12. The number of ketones is 1. The number of hydrogen-bond acceptors (Lipinski definition) is 7. The van der Waals surface area contributed by atoms with E-state index in [4.69, 9.17) is 22.4 Å². The third-order valence-electron chi connectivity index (χ3n) is 11.2. The number of carbonyl (C=O) groups excluding carboxylic acids is 1. The predicted octanol–water partition coefficient (Wildman–Crippen LogP) is 8.85. The Labute approximate surface area is 270 Å². The fourth-order valence-electron chi connectivity index (χ4n) is 3.83. The van der Waals surface area contributed by atoms with E-state index in [0.717, 1.165) is 0 Å². The van der Waals surface area contributed by atoms with Crippen LogP contribution in [-0.2, 0) is 27.2 Å². The molecule has 0 aromatic carbocycles. The highest BCUT2D eigenvalue weighted by atomic mass is 28.4. The van der Waals surface area contributed by atoms with Gasteiger partial charge in [0.15, 0.2) is 45.3 Å². The summed E-state index contributed by atoms with van der Waals surface area (Å²) in [6, 6.07) is 0. The molecule has 0 aromatic rings. The second-order valence-corrected chi connectivity index (χ2v) is 38.0. The van der Waals surface area contributed by atoms with E-state index in [1.54, 1.807) is 0 Å². The van der Waals surface area contributed by atoms with Gasteiger partial charge in [-0.25, -0.2) is 0 Å². The van der Waals surface area contributed by atoms with Crippen molar-refractivity contribution < 1.29 is 32.3 Å². The number of hydrogen-bond donors (Lipinski definition) is 1. The van der Waals surface area contributed by atoms with Crippen molar-refractivity contribution in [2.75, 3.05) is 0 Å². The van der Waals surface area contributed by atoms with Gasteiger partial charge in [0.1, 0.15) is 30.5 Å². The molecule has 0 bridgehead atoms. The van der Waals surface area contributed by atoms with E-state index in [0.29, 0.717) is 0 Å². The molecule has 0 amide bonds. The molecule has 0 aliphatic carbocycles. The van der Waals surface area contributed by atoms with E-state index >= 15 is 0 Å². The summed E-state index contributed by atoms with van der Waals surface area (Å²) in [5, 5.41) is 11.1. The Hall–Kier alpha value is 0.298. The summed E-state index contributed by atoms with van der Waals surface area (Å²) in [5.74, 6) is -0.366. The first-order valence-electron chi connectivity index (χ1n) is 16.1. The summed E-state index contributed by atoms with van der Waals surface area (Å²) in [6.45, 7) is 45.6. The van der Waals surface area contributed by atoms with Crippen LogP contribution in [0.25, 0.3) is 0 Å². The van der Waals surface area contributed by atoms with Gasteiger partial charge in [-0.2, -0.15) is 0 Å². The molecule has 0 aromatic heterocycles. The lowest BCUT2D eigenvalue weighted by Crippen LogP contribution is -2.70. The minimum atomic E-state index is -2.44. The van der Waals surface area contributed by atoms with Gasteiger partial charge in [-0.3, -0.25) is 4.79 Å². The number of Topliss-reactive ketones (excluding diaryl/α,β-unsaturated/α-hetero) is 1. The molecule has 1 aliphatic heterocycles. The van der Waals surface area contributed by atoms with E-state index in [-0.39, 0.29) is 25.9 Å². The molecule has 1 fully saturated rings. The van der Waals surface area contributed by atoms with Crippen molar-refractivity contribution in [3.8, 4) is 0 Å². The van der Waals surface area contributed by atoms with Gasteiger partial charge in [-0.05, 0) is 79.5 Å². The lowest BCUT2D eigenvalue weighted by Gasteiger charge is -2.56. The van der Waals surface area contributed by atoms with Crippen molar-refractivity contribution in [1.29, 1.82) is 0 Å². The number of aliphatic hydroxyl groups is 1. The summed E-state index contributed by atoms with van der Waals surface area (Å²) >= 11 is 0. The molecule has 1 heterocycles. The lowest BCUT2D eigenvalue weighted by molar-refractivity contribution is -0.279. The first kappa shape index (κ1) is 41.3. The Bertz CT molecular complexity index is 953. The molecule has 11 heteroatoms. The van der Waals surface area contributed by atoms with E-state index < -0.39 is 70.1 Å². The molecular weight excluding hydrogens is 609 g/mol. The summed E-state index contributed by atoms with van der Waals surface area (Å²) in [4.78, 5) is 12.8.